The fourth-order valence-electron chi connectivity index (χ4n) is 5.23. The number of esters is 1. The summed E-state index contributed by atoms with van der Waals surface area (Å²) in [5, 5.41) is -0.0140. The van der Waals surface area contributed by atoms with Crippen molar-refractivity contribution in [2.24, 2.45) is 0 Å². The van der Waals surface area contributed by atoms with Gasteiger partial charge in [-0.1, -0.05) is 11.6 Å². The molecular formula is C26H27ClF3N5O4. The molecule has 1 unspecified atom stereocenters. The van der Waals surface area contributed by atoms with E-state index < -0.39 is 29.9 Å². The molecule has 2 aromatic heterocycles. The summed E-state index contributed by atoms with van der Waals surface area (Å²) in [4.78, 5) is 38.1. The Kier molecular flexibility index (Phi) is 7.19. The molecule has 2 aliphatic heterocycles. The van der Waals surface area contributed by atoms with E-state index in [1.165, 1.54) is 6.20 Å². The molecule has 1 fully saturated rings. The number of carbonyl (C=O) groups is 2. The van der Waals surface area contributed by atoms with Crippen molar-refractivity contribution in [3.8, 4) is 0 Å². The molecule has 39 heavy (non-hydrogen) atoms. The number of hydrogen-bond acceptors (Lipinski definition) is 7. The lowest BCUT2D eigenvalue weighted by Gasteiger charge is -2.42. The molecule has 3 atom stereocenters. The first kappa shape index (κ1) is 27.2. The lowest BCUT2D eigenvalue weighted by Crippen LogP contribution is -2.56. The Morgan fingerprint density at radius 1 is 1.23 bits per heavy atom. The molecule has 13 heteroatoms. The molecule has 3 aromatic rings. The van der Waals surface area contributed by atoms with Crippen molar-refractivity contribution in [3.05, 3.63) is 58.1 Å². The summed E-state index contributed by atoms with van der Waals surface area (Å²) in [6.45, 7) is 6.32. The topological polar surface area (TPSA) is 89.3 Å². The predicted octanol–water partition coefficient (Wildman–Crippen LogP) is 4.32. The monoisotopic (exact) mass is 565 g/mol. The molecule has 1 amide bonds. The van der Waals surface area contributed by atoms with Crippen LogP contribution in [0.5, 0.6) is 0 Å². The first-order valence-corrected chi connectivity index (χ1v) is 13.0. The molecule has 1 saturated heterocycles. The van der Waals surface area contributed by atoms with Gasteiger partial charge < -0.3 is 19.3 Å². The van der Waals surface area contributed by atoms with Crippen LogP contribution in [0.4, 0.5) is 19.0 Å². The Morgan fingerprint density at radius 3 is 2.72 bits per heavy atom. The molecule has 0 aliphatic carbocycles. The quantitative estimate of drug-likeness (QED) is 0.435. The first-order valence-electron chi connectivity index (χ1n) is 12.6. The normalized spacial score (nSPS) is 21.7. The minimum atomic E-state index is -4.50. The van der Waals surface area contributed by atoms with Crippen LogP contribution in [0.3, 0.4) is 0 Å². The van der Waals surface area contributed by atoms with Gasteiger partial charge in [0.1, 0.15) is 5.82 Å². The number of halogens is 4. The highest BCUT2D eigenvalue weighted by Crippen LogP contribution is 2.40. The van der Waals surface area contributed by atoms with Crippen molar-refractivity contribution < 1.29 is 32.2 Å². The molecule has 0 saturated carbocycles. The molecule has 0 radical (unpaired) electrons. The molecule has 0 bridgehead atoms. The smallest absolute Gasteiger partial charge is 0.416 e. The van der Waals surface area contributed by atoms with E-state index in [2.05, 4.69) is 9.97 Å². The van der Waals surface area contributed by atoms with Gasteiger partial charge in [0.15, 0.2) is 17.4 Å². The van der Waals surface area contributed by atoms with Crippen LogP contribution < -0.4 is 4.90 Å². The summed E-state index contributed by atoms with van der Waals surface area (Å²) in [5.74, 6) is -0.196. The number of nitrogens with zero attached hydrogens (tertiary/aromatic N) is 5. The number of rotatable bonds is 4. The maximum Gasteiger partial charge on any atom is 0.416 e. The molecule has 0 N–H and O–H groups in total. The minimum absolute atomic E-state index is 0.0140. The number of aromatic nitrogens is 3. The molecule has 1 aromatic carbocycles. The van der Waals surface area contributed by atoms with Crippen molar-refractivity contribution in [1.29, 1.82) is 0 Å². The number of imidazole rings is 1. The van der Waals surface area contributed by atoms with Crippen LogP contribution in [0.2, 0.25) is 5.02 Å². The number of fused-ring (bicyclic) bond motifs is 2. The largest absolute Gasteiger partial charge is 0.461 e. The maximum absolute atomic E-state index is 13.7. The number of benzene rings is 1. The van der Waals surface area contributed by atoms with Crippen LogP contribution in [0.15, 0.2) is 30.7 Å². The van der Waals surface area contributed by atoms with Crippen molar-refractivity contribution in [2.45, 2.75) is 51.6 Å². The number of carbonyl (C=O) groups excluding carboxylic acids is 2. The number of hydrogen-bond donors (Lipinski definition) is 0. The lowest BCUT2D eigenvalue weighted by molar-refractivity contribution is -0.148. The Labute approximate surface area is 227 Å². The van der Waals surface area contributed by atoms with Gasteiger partial charge >= 0.3 is 12.1 Å². The highest BCUT2D eigenvalue weighted by atomic mass is 35.5. The van der Waals surface area contributed by atoms with Crippen LogP contribution in [-0.4, -0.2) is 69.6 Å². The second-order valence-corrected chi connectivity index (χ2v) is 10.1. The Hall–Kier alpha value is -3.38. The zero-order valence-corrected chi connectivity index (χ0v) is 22.3. The summed E-state index contributed by atoms with van der Waals surface area (Å²) < 4.78 is 52.6. The molecule has 208 valence electrons. The van der Waals surface area contributed by atoms with Gasteiger partial charge in [0.2, 0.25) is 0 Å². The standard InChI is InChI=1S/C26H27ClF3N5O4/c1-4-38-25(37)19-11-35-21(32-19)9-31-10-22(35)34-12-20(39-13-14(34)2)24(36)33-6-5-16-7-17(26(28,29)30)8-18(27)23(16)15(33)3/h7-11,14-15,20H,4-6,12-13H2,1-3H3/t14?,15-,20+/m0/s1. The zero-order chi connectivity index (χ0) is 28.1. The third kappa shape index (κ3) is 5.03. The van der Waals surface area contributed by atoms with E-state index in [0.29, 0.717) is 22.6 Å². The zero-order valence-electron chi connectivity index (χ0n) is 21.5. The summed E-state index contributed by atoms with van der Waals surface area (Å²) in [6.07, 6.45) is -0.358. The number of anilines is 1. The van der Waals surface area contributed by atoms with Crippen LogP contribution >= 0.6 is 11.6 Å². The van der Waals surface area contributed by atoms with Crippen molar-refractivity contribution in [2.75, 3.05) is 31.2 Å². The Bertz CT molecular complexity index is 1430. The van der Waals surface area contributed by atoms with E-state index >= 15 is 0 Å². The van der Waals surface area contributed by atoms with Crippen molar-refractivity contribution in [1.82, 2.24) is 19.3 Å². The molecule has 4 heterocycles. The molecular weight excluding hydrogens is 539 g/mol. The highest BCUT2D eigenvalue weighted by molar-refractivity contribution is 6.31. The van der Waals surface area contributed by atoms with Gasteiger partial charge in [0.25, 0.3) is 5.91 Å². The number of morpholine rings is 1. The van der Waals surface area contributed by atoms with Crippen LogP contribution in [0, 0.1) is 0 Å². The van der Waals surface area contributed by atoms with E-state index in [4.69, 9.17) is 21.1 Å². The van der Waals surface area contributed by atoms with Gasteiger partial charge in [-0.2, -0.15) is 13.2 Å². The van der Waals surface area contributed by atoms with Gasteiger partial charge in [0, 0.05) is 17.8 Å². The molecule has 5 rings (SSSR count). The summed E-state index contributed by atoms with van der Waals surface area (Å²) in [6, 6.07) is 1.38. The van der Waals surface area contributed by atoms with Crippen LogP contribution in [-0.2, 0) is 26.9 Å². The van der Waals surface area contributed by atoms with Crippen LogP contribution in [0.25, 0.3) is 5.65 Å². The SMILES string of the molecule is CCOC(=O)c1cn2c(N3C[C@H](C(=O)N4CCc5cc(C(F)(F)F)cc(Cl)c5[C@@H]4C)OCC3C)cncc2n1. The number of alkyl halides is 3. The third-order valence-corrected chi connectivity index (χ3v) is 7.49. The second-order valence-electron chi connectivity index (χ2n) is 9.65. The lowest BCUT2D eigenvalue weighted by atomic mass is 9.91. The van der Waals surface area contributed by atoms with E-state index in [1.807, 2.05) is 11.8 Å². The fourth-order valence-corrected chi connectivity index (χ4v) is 5.63. The van der Waals surface area contributed by atoms with Gasteiger partial charge in [-0.05, 0) is 50.5 Å². The third-order valence-electron chi connectivity index (χ3n) is 7.18. The predicted molar refractivity (Wildman–Crippen MR) is 136 cm³/mol. The van der Waals surface area contributed by atoms with Gasteiger partial charge in [0.05, 0.1) is 49.8 Å². The number of ether oxygens (including phenoxy) is 2. The fraction of sp³-hybridized carbons (Fsp3) is 0.462. The summed E-state index contributed by atoms with van der Waals surface area (Å²) in [7, 11) is 0. The van der Waals surface area contributed by atoms with Gasteiger partial charge in [-0.3, -0.25) is 14.2 Å². The summed E-state index contributed by atoms with van der Waals surface area (Å²) >= 11 is 6.30. The number of amides is 1. The maximum atomic E-state index is 13.7. The Morgan fingerprint density at radius 2 is 2.00 bits per heavy atom. The average molecular weight is 566 g/mol. The van der Waals surface area contributed by atoms with E-state index in [-0.39, 0.29) is 55.4 Å². The van der Waals surface area contributed by atoms with Gasteiger partial charge in [-0.15, -0.1) is 0 Å². The van der Waals surface area contributed by atoms with E-state index in [1.54, 1.807) is 35.5 Å². The Balaban J connectivity index is 1.39. The molecule has 9 nitrogen and oxygen atoms in total. The second kappa shape index (κ2) is 10.3. The molecule has 2 aliphatic rings. The van der Waals surface area contributed by atoms with Gasteiger partial charge in [-0.25, -0.2) is 9.78 Å². The average Bonchev–Trinajstić information content (AvgIpc) is 3.33. The first-order chi connectivity index (χ1) is 18.5. The van der Waals surface area contributed by atoms with Crippen molar-refractivity contribution in [3.63, 3.8) is 0 Å². The molecule has 0 spiro atoms. The minimum Gasteiger partial charge on any atom is -0.461 e. The van der Waals surface area contributed by atoms with Crippen LogP contribution in [0.1, 0.15) is 54.0 Å². The van der Waals surface area contributed by atoms with E-state index in [9.17, 15) is 22.8 Å². The summed E-state index contributed by atoms with van der Waals surface area (Å²) in [5.41, 5.74) is 0.801. The van der Waals surface area contributed by atoms with E-state index in [0.717, 1.165) is 12.1 Å². The highest BCUT2D eigenvalue weighted by Gasteiger charge is 2.40. The van der Waals surface area contributed by atoms with Crippen molar-refractivity contribution >= 4 is 34.9 Å².